The fourth-order valence-electron chi connectivity index (χ4n) is 2.88. The number of anilines is 2. The Morgan fingerprint density at radius 1 is 1.19 bits per heavy atom. The van der Waals surface area contributed by atoms with Crippen LogP contribution in [0.25, 0.3) is 27.9 Å². The molecule has 0 fully saturated rings. The second kappa shape index (κ2) is 6.41. The maximum absolute atomic E-state index is 12.8. The van der Waals surface area contributed by atoms with E-state index in [9.17, 15) is 8.78 Å². The zero-order chi connectivity index (χ0) is 19.1. The van der Waals surface area contributed by atoms with Crippen LogP contribution in [0, 0.1) is 0 Å². The van der Waals surface area contributed by atoms with Crippen molar-refractivity contribution in [2.24, 2.45) is 0 Å². The summed E-state index contributed by atoms with van der Waals surface area (Å²) in [6.07, 6.45) is -0.802. The van der Waals surface area contributed by atoms with Gasteiger partial charge in [-0.15, -0.1) is 10.2 Å². The van der Waals surface area contributed by atoms with Gasteiger partial charge in [0, 0.05) is 17.8 Å². The zero-order valence-corrected chi connectivity index (χ0v) is 14.6. The number of pyridine rings is 1. The van der Waals surface area contributed by atoms with E-state index in [2.05, 4.69) is 30.7 Å². The van der Waals surface area contributed by atoms with E-state index >= 15 is 0 Å². The van der Waals surface area contributed by atoms with Gasteiger partial charge in [0.05, 0.1) is 5.69 Å². The van der Waals surface area contributed by atoms with Crippen molar-refractivity contribution in [3.05, 3.63) is 24.4 Å². The van der Waals surface area contributed by atoms with Crippen LogP contribution in [0.5, 0.6) is 0 Å². The average Bonchev–Trinajstić information content (AvgIpc) is 3.18. The molecule has 0 atom stereocenters. The fraction of sp³-hybridized carbons (Fsp3) is 0.312. The number of fused-ring (bicyclic) bond motifs is 2. The summed E-state index contributed by atoms with van der Waals surface area (Å²) in [4.78, 5) is 8.79. The molecule has 0 saturated heterocycles. The average molecular weight is 373 g/mol. The van der Waals surface area contributed by atoms with Gasteiger partial charge in [-0.1, -0.05) is 5.21 Å². The van der Waals surface area contributed by atoms with Gasteiger partial charge in [-0.25, -0.2) is 23.0 Å². The number of halogens is 2. The van der Waals surface area contributed by atoms with Gasteiger partial charge >= 0.3 is 0 Å². The molecule has 4 rings (SSSR count). The molecule has 0 aliphatic carbocycles. The van der Waals surface area contributed by atoms with E-state index in [4.69, 9.17) is 5.73 Å². The molecule has 4 aromatic rings. The summed E-state index contributed by atoms with van der Waals surface area (Å²) >= 11 is 0. The molecule has 0 spiro atoms. The highest BCUT2D eigenvalue weighted by molar-refractivity contribution is 5.89. The molecule has 11 heteroatoms. The molecule has 0 bridgehead atoms. The van der Waals surface area contributed by atoms with Crippen LogP contribution >= 0.6 is 0 Å². The molecule has 27 heavy (non-hydrogen) atoms. The molecule has 0 amide bonds. The van der Waals surface area contributed by atoms with Crippen molar-refractivity contribution < 1.29 is 8.78 Å². The van der Waals surface area contributed by atoms with Crippen molar-refractivity contribution >= 4 is 28.4 Å². The van der Waals surface area contributed by atoms with E-state index in [0.717, 1.165) is 10.2 Å². The van der Waals surface area contributed by atoms with Gasteiger partial charge in [0.1, 0.15) is 17.6 Å². The maximum atomic E-state index is 12.8. The zero-order valence-electron chi connectivity index (χ0n) is 14.6. The van der Waals surface area contributed by atoms with Crippen LogP contribution in [0.2, 0.25) is 0 Å². The van der Waals surface area contributed by atoms with E-state index in [1.54, 1.807) is 22.8 Å². The van der Waals surface area contributed by atoms with E-state index in [-0.39, 0.29) is 12.0 Å². The van der Waals surface area contributed by atoms with Gasteiger partial charge in [-0.3, -0.25) is 0 Å². The maximum Gasteiger partial charge on any atom is 0.258 e. The van der Waals surface area contributed by atoms with Gasteiger partial charge in [0.25, 0.3) is 6.43 Å². The fourth-order valence-corrected chi connectivity index (χ4v) is 2.88. The summed E-state index contributed by atoms with van der Waals surface area (Å²) in [7, 11) is 0. The molecule has 9 nitrogen and oxygen atoms in total. The van der Waals surface area contributed by atoms with Crippen molar-refractivity contribution in [1.29, 1.82) is 0 Å². The minimum Gasteiger partial charge on any atom is -0.366 e. The Bertz CT molecular complexity index is 1120. The van der Waals surface area contributed by atoms with E-state index < -0.39 is 13.0 Å². The highest BCUT2D eigenvalue weighted by Gasteiger charge is 2.17. The van der Waals surface area contributed by atoms with Gasteiger partial charge in [-0.2, -0.15) is 4.98 Å². The first-order valence-electron chi connectivity index (χ1n) is 8.32. The molecule has 0 saturated carbocycles. The second-order valence-electron chi connectivity index (χ2n) is 6.34. The van der Waals surface area contributed by atoms with Gasteiger partial charge in [0.15, 0.2) is 11.5 Å². The molecular weight excluding hydrogens is 356 g/mol. The lowest BCUT2D eigenvalue weighted by molar-refractivity contribution is 0.122. The number of nitrogens with two attached hydrogens (primary N) is 1. The van der Waals surface area contributed by atoms with Crippen molar-refractivity contribution in [3.63, 3.8) is 0 Å². The number of nitrogens with one attached hydrogen (secondary N) is 1. The summed E-state index contributed by atoms with van der Waals surface area (Å²) < 4.78 is 28.2. The minimum absolute atomic E-state index is 0.123. The van der Waals surface area contributed by atoms with Gasteiger partial charge in [0.2, 0.25) is 5.95 Å². The van der Waals surface area contributed by atoms with Crippen molar-refractivity contribution in [3.8, 4) is 11.3 Å². The Balaban J connectivity index is 1.89. The van der Waals surface area contributed by atoms with Crippen LogP contribution < -0.4 is 11.1 Å². The largest absolute Gasteiger partial charge is 0.366 e. The number of rotatable bonds is 5. The third-order valence-corrected chi connectivity index (χ3v) is 3.90. The predicted octanol–water partition coefficient (Wildman–Crippen LogP) is 2.20. The monoisotopic (exact) mass is 373 g/mol. The highest BCUT2D eigenvalue weighted by Crippen LogP contribution is 2.30. The highest BCUT2D eigenvalue weighted by atomic mass is 19.3. The summed E-state index contributed by atoms with van der Waals surface area (Å²) in [6, 6.07) is 5.40. The number of aromatic nitrogens is 7. The smallest absolute Gasteiger partial charge is 0.258 e. The van der Waals surface area contributed by atoms with Crippen LogP contribution in [0.3, 0.4) is 0 Å². The van der Waals surface area contributed by atoms with Crippen LogP contribution in [0.1, 0.15) is 13.8 Å². The summed E-state index contributed by atoms with van der Waals surface area (Å²) in [5.74, 6) is 0.703. The Hall–Kier alpha value is -3.37. The van der Waals surface area contributed by atoms with Crippen LogP contribution in [0.15, 0.2) is 24.4 Å². The number of alkyl halides is 2. The lowest BCUT2D eigenvalue weighted by Gasteiger charge is -2.12. The SMILES string of the molecule is CC(C)Nc1nc(N)nn2ccc(-c3ccc4nnn(CC(F)F)c4n3)c12. The van der Waals surface area contributed by atoms with E-state index in [1.807, 2.05) is 19.9 Å². The first kappa shape index (κ1) is 17.1. The topological polar surface area (TPSA) is 112 Å². The number of nitrogens with zero attached hydrogens (tertiary/aromatic N) is 7. The number of nitrogen functional groups attached to an aromatic ring is 1. The molecule has 0 aromatic carbocycles. The molecule has 0 unspecified atom stereocenters. The Labute approximate surface area is 152 Å². The molecule has 140 valence electrons. The second-order valence-corrected chi connectivity index (χ2v) is 6.34. The molecule has 4 heterocycles. The lowest BCUT2D eigenvalue weighted by atomic mass is 10.1. The lowest BCUT2D eigenvalue weighted by Crippen LogP contribution is -2.14. The quantitative estimate of drug-likeness (QED) is 0.551. The molecule has 3 N–H and O–H groups in total. The normalized spacial score (nSPS) is 11.9. The molecule has 0 aliphatic heterocycles. The van der Waals surface area contributed by atoms with E-state index in [0.29, 0.717) is 28.2 Å². The van der Waals surface area contributed by atoms with Crippen molar-refractivity contribution in [1.82, 2.24) is 34.6 Å². The standard InChI is InChI=1S/C16H17F2N9/c1-8(2)20-14-13-9(5-6-26(13)24-16(19)22-14)10-3-4-11-15(21-10)27(25-23-11)7-12(17)18/h3-6,8,12H,7H2,1-2H3,(H3,19,20,22,24). The third-order valence-electron chi connectivity index (χ3n) is 3.90. The molecule has 0 aliphatic rings. The van der Waals surface area contributed by atoms with Crippen LogP contribution in [-0.4, -0.2) is 47.0 Å². The first-order valence-corrected chi connectivity index (χ1v) is 8.32. The van der Waals surface area contributed by atoms with Gasteiger partial charge < -0.3 is 11.1 Å². The minimum atomic E-state index is -2.55. The Morgan fingerprint density at radius 2 is 2.00 bits per heavy atom. The van der Waals surface area contributed by atoms with Gasteiger partial charge in [-0.05, 0) is 32.0 Å². The van der Waals surface area contributed by atoms with E-state index in [1.165, 1.54) is 0 Å². The Kier molecular flexibility index (Phi) is 4.05. The molecule has 4 aromatic heterocycles. The first-order chi connectivity index (χ1) is 12.9. The van der Waals surface area contributed by atoms with Crippen LogP contribution in [-0.2, 0) is 6.54 Å². The van der Waals surface area contributed by atoms with Crippen molar-refractivity contribution in [2.75, 3.05) is 11.1 Å². The van der Waals surface area contributed by atoms with Crippen LogP contribution in [0.4, 0.5) is 20.5 Å². The number of hydrogen-bond acceptors (Lipinski definition) is 7. The summed E-state index contributed by atoms with van der Waals surface area (Å²) in [5, 5.41) is 15.1. The molecule has 0 radical (unpaired) electrons. The summed E-state index contributed by atoms with van der Waals surface area (Å²) in [6.45, 7) is 3.40. The molecular formula is C16H17F2N9. The summed E-state index contributed by atoms with van der Waals surface area (Å²) in [5.41, 5.74) is 8.53. The number of hydrogen-bond donors (Lipinski definition) is 2. The third kappa shape index (κ3) is 3.11. The van der Waals surface area contributed by atoms with Crippen molar-refractivity contribution in [2.45, 2.75) is 32.9 Å². The Morgan fingerprint density at radius 3 is 2.74 bits per heavy atom. The predicted molar refractivity (Wildman–Crippen MR) is 96.5 cm³/mol.